The Morgan fingerprint density at radius 1 is 1.13 bits per heavy atom. The summed E-state index contributed by atoms with van der Waals surface area (Å²) >= 11 is 0. The van der Waals surface area contributed by atoms with E-state index in [-0.39, 0.29) is 5.91 Å². The summed E-state index contributed by atoms with van der Waals surface area (Å²) in [5.74, 6) is 1.73. The number of carbonyl (C=O) groups excluding carboxylic acids is 1. The van der Waals surface area contributed by atoms with Crippen LogP contribution in [-0.2, 0) is 0 Å². The molecule has 1 aliphatic heterocycles. The minimum absolute atomic E-state index is 0.0518. The fraction of sp³-hybridized carbons (Fsp3) is 0.375. The lowest BCUT2D eigenvalue weighted by Crippen LogP contribution is -2.36. The van der Waals surface area contributed by atoms with Gasteiger partial charge in [-0.1, -0.05) is 42.4 Å². The molecule has 2 aromatic carbocycles. The number of carbonyl (C=O) groups is 1. The fourth-order valence-corrected chi connectivity index (χ4v) is 3.91. The molecule has 0 saturated carbocycles. The Hall–Kier alpha value is -2.99. The Balaban J connectivity index is 1.28. The molecule has 1 amide bonds. The molecule has 2 heterocycles. The summed E-state index contributed by atoms with van der Waals surface area (Å²) in [7, 11) is 0. The van der Waals surface area contributed by atoms with Gasteiger partial charge in [-0.25, -0.2) is 0 Å². The lowest BCUT2D eigenvalue weighted by molar-refractivity contribution is 0.0950. The van der Waals surface area contributed by atoms with Gasteiger partial charge < -0.3 is 14.7 Å². The zero-order valence-electron chi connectivity index (χ0n) is 17.4. The van der Waals surface area contributed by atoms with Crippen LogP contribution in [0.1, 0.15) is 36.5 Å². The van der Waals surface area contributed by atoms with Crippen molar-refractivity contribution in [2.24, 2.45) is 5.92 Å². The van der Waals surface area contributed by atoms with Gasteiger partial charge in [0.1, 0.15) is 0 Å². The molecule has 0 bridgehead atoms. The van der Waals surface area contributed by atoms with Crippen molar-refractivity contribution in [1.29, 1.82) is 0 Å². The van der Waals surface area contributed by atoms with Crippen molar-refractivity contribution in [2.45, 2.75) is 26.2 Å². The van der Waals surface area contributed by atoms with Gasteiger partial charge in [0.05, 0.1) is 0 Å². The normalized spacial score (nSPS) is 17.0. The highest BCUT2D eigenvalue weighted by atomic mass is 16.5. The molecule has 6 nitrogen and oxygen atoms in total. The van der Waals surface area contributed by atoms with E-state index in [1.165, 1.54) is 25.9 Å². The second-order valence-corrected chi connectivity index (χ2v) is 8.02. The molecule has 1 aliphatic rings. The molecular formula is C24H28N4O2. The van der Waals surface area contributed by atoms with Gasteiger partial charge >= 0.3 is 0 Å². The van der Waals surface area contributed by atoms with Crippen LogP contribution in [0.3, 0.4) is 0 Å². The molecule has 6 heteroatoms. The summed E-state index contributed by atoms with van der Waals surface area (Å²) in [6, 6.07) is 17.0. The molecule has 30 heavy (non-hydrogen) atoms. The number of likely N-dealkylation sites (tertiary alicyclic amines) is 1. The van der Waals surface area contributed by atoms with Gasteiger partial charge in [-0.05, 0) is 62.5 Å². The SMILES string of the molecule is CC1CCCN(CCCNC(=O)c2ccc(-c3nc(-c4ccccc4)no3)cc2)C1. The summed E-state index contributed by atoms with van der Waals surface area (Å²) in [5, 5.41) is 7.06. The van der Waals surface area contributed by atoms with E-state index < -0.39 is 0 Å². The van der Waals surface area contributed by atoms with Gasteiger partial charge in [0.15, 0.2) is 0 Å². The van der Waals surface area contributed by atoms with Crippen LogP contribution in [-0.4, -0.2) is 47.1 Å². The smallest absolute Gasteiger partial charge is 0.258 e. The van der Waals surface area contributed by atoms with E-state index in [9.17, 15) is 4.79 Å². The maximum Gasteiger partial charge on any atom is 0.258 e. The predicted molar refractivity (Wildman–Crippen MR) is 117 cm³/mol. The number of nitrogens with zero attached hydrogens (tertiary/aromatic N) is 3. The second-order valence-electron chi connectivity index (χ2n) is 8.02. The molecule has 1 atom stereocenters. The average Bonchev–Trinajstić information content (AvgIpc) is 3.28. The second kappa shape index (κ2) is 9.67. The molecule has 1 fully saturated rings. The van der Waals surface area contributed by atoms with Gasteiger partial charge in [0.25, 0.3) is 11.8 Å². The predicted octanol–water partition coefficient (Wildman–Crippen LogP) is 4.26. The first kappa shape index (κ1) is 20.3. The van der Waals surface area contributed by atoms with Gasteiger partial charge in [0.2, 0.25) is 5.82 Å². The quantitative estimate of drug-likeness (QED) is 0.596. The van der Waals surface area contributed by atoms with Crippen LogP contribution in [0.5, 0.6) is 0 Å². The molecule has 156 valence electrons. The highest BCUT2D eigenvalue weighted by molar-refractivity contribution is 5.94. The Morgan fingerprint density at radius 2 is 1.93 bits per heavy atom. The maximum atomic E-state index is 12.4. The molecule has 1 aromatic heterocycles. The van der Waals surface area contributed by atoms with Crippen molar-refractivity contribution in [1.82, 2.24) is 20.4 Å². The van der Waals surface area contributed by atoms with Gasteiger partial charge in [-0.15, -0.1) is 0 Å². The zero-order chi connectivity index (χ0) is 20.8. The van der Waals surface area contributed by atoms with Crippen molar-refractivity contribution < 1.29 is 9.32 Å². The summed E-state index contributed by atoms with van der Waals surface area (Å²) < 4.78 is 5.38. The number of rotatable bonds is 7. The van der Waals surface area contributed by atoms with Crippen LogP contribution < -0.4 is 5.32 Å². The van der Waals surface area contributed by atoms with E-state index >= 15 is 0 Å². The first-order valence-corrected chi connectivity index (χ1v) is 10.7. The minimum Gasteiger partial charge on any atom is -0.352 e. The Bertz CT molecular complexity index is 953. The number of hydrogen-bond donors (Lipinski definition) is 1. The van der Waals surface area contributed by atoms with Crippen LogP contribution in [0.15, 0.2) is 59.1 Å². The molecule has 3 aromatic rings. The summed E-state index contributed by atoms with van der Waals surface area (Å²) in [5.41, 5.74) is 2.33. The van der Waals surface area contributed by atoms with Crippen molar-refractivity contribution >= 4 is 5.91 Å². The topological polar surface area (TPSA) is 71.3 Å². The lowest BCUT2D eigenvalue weighted by Gasteiger charge is -2.30. The standard InChI is InChI=1S/C24H28N4O2/c1-18-7-5-15-28(17-18)16-6-14-25-23(29)20-10-12-21(13-11-20)24-26-22(27-30-24)19-8-3-2-4-9-19/h2-4,8-13,18H,5-7,14-17H2,1H3,(H,25,29). The summed E-state index contributed by atoms with van der Waals surface area (Å²) in [4.78, 5) is 19.4. The maximum absolute atomic E-state index is 12.4. The van der Waals surface area contributed by atoms with E-state index in [4.69, 9.17) is 4.52 Å². The average molecular weight is 405 g/mol. The van der Waals surface area contributed by atoms with Crippen LogP contribution in [0, 0.1) is 5.92 Å². The minimum atomic E-state index is -0.0518. The first-order chi connectivity index (χ1) is 14.7. The molecule has 4 rings (SSSR count). The lowest BCUT2D eigenvalue weighted by atomic mass is 10.0. The molecule has 1 saturated heterocycles. The van der Waals surface area contributed by atoms with E-state index in [0.29, 0.717) is 23.8 Å². The van der Waals surface area contributed by atoms with E-state index in [1.807, 2.05) is 42.5 Å². The van der Waals surface area contributed by atoms with Crippen LogP contribution >= 0.6 is 0 Å². The highest BCUT2D eigenvalue weighted by Crippen LogP contribution is 2.22. The third-order valence-electron chi connectivity index (χ3n) is 5.53. The van der Waals surface area contributed by atoms with Crippen LogP contribution in [0.4, 0.5) is 0 Å². The van der Waals surface area contributed by atoms with Gasteiger partial charge in [-0.2, -0.15) is 4.98 Å². The molecule has 1 unspecified atom stereocenters. The number of piperidine rings is 1. The summed E-state index contributed by atoms with van der Waals surface area (Å²) in [6.45, 7) is 6.41. The monoisotopic (exact) mass is 404 g/mol. The number of amides is 1. The zero-order valence-corrected chi connectivity index (χ0v) is 17.4. The Kier molecular flexibility index (Phi) is 6.54. The number of nitrogens with one attached hydrogen (secondary N) is 1. The molecule has 0 spiro atoms. The third-order valence-corrected chi connectivity index (χ3v) is 5.53. The molecule has 0 aliphatic carbocycles. The number of hydrogen-bond acceptors (Lipinski definition) is 5. The molecule has 0 radical (unpaired) electrons. The van der Waals surface area contributed by atoms with E-state index in [0.717, 1.165) is 30.0 Å². The van der Waals surface area contributed by atoms with Crippen LogP contribution in [0.25, 0.3) is 22.8 Å². The molecule has 1 N–H and O–H groups in total. The first-order valence-electron chi connectivity index (χ1n) is 10.7. The number of aromatic nitrogens is 2. The van der Waals surface area contributed by atoms with Gasteiger partial charge in [0, 0.05) is 29.8 Å². The number of benzene rings is 2. The van der Waals surface area contributed by atoms with E-state index in [2.05, 4.69) is 27.3 Å². The Labute approximate surface area is 177 Å². The Morgan fingerprint density at radius 3 is 2.70 bits per heavy atom. The van der Waals surface area contributed by atoms with Crippen molar-refractivity contribution in [3.05, 3.63) is 60.2 Å². The van der Waals surface area contributed by atoms with Crippen LogP contribution in [0.2, 0.25) is 0 Å². The van der Waals surface area contributed by atoms with Crippen molar-refractivity contribution in [2.75, 3.05) is 26.2 Å². The van der Waals surface area contributed by atoms with E-state index in [1.54, 1.807) is 12.1 Å². The summed E-state index contributed by atoms with van der Waals surface area (Å²) in [6.07, 6.45) is 3.59. The molecular weight excluding hydrogens is 376 g/mol. The highest BCUT2D eigenvalue weighted by Gasteiger charge is 2.16. The third kappa shape index (κ3) is 5.13. The fourth-order valence-electron chi connectivity index (χ4n) is 3.91. The largest absolute Gasteiger partial charge is 0.352 e. The van der Waals surface area contributed by atoms with Crippen molar-refractivity contribution in [3.63, 3.8) is 0 Å². The van der Waals surface area contributed by atoms with Gasteiger partial charge in [-0.3, -0.25) is 4.79 Å². The van der Waals surface area contributed by atoms with Crippen molar-refractivity contribution in [3.8, 4) is 22.8 Å².